The molecule has 0 aliphatic heterocycles. The molecule has 0 saturated heterocycles. The monoisotopic (exact) mass is 365 g/mol. The van der Waals surface area contributed by atoms with Crippen LogP contribution < -0.4 is 15.4 Å². The minimum Gasteiger partial charge on any atom is -0.496 e. The van der Waals surface area contributed by atoms with Crippen molar-refractivity contribution in [2.75, 3.05) is 40.0 Å². The molecule has 0 heterocycles. The van der Waals surface area contributed by atoms with Gasteiger partial charge in [0.2, 0.25) is 0 Å². The second kappa shape index (κ2) is 14.4. The van der Waals surface area contributed by atoms with Crippen LogP contribution in [0.1, 0.15) is 38.7 Å². The van der Waals surface area contributed by atoms with Gasteiger partial charge in [0.25, 0.3) is 0 Å². The minimum absolute atomic E-state index is 0.223. The Labute approximate surface area is 158 Å². The summed E-state index contributed by atoms with van der Waals surface area (Å²) in [5.74, 6) is 2.08. The summed E-state index contributed by atoms with van der Waals surface area (Å²) in [5, 5.41) is 15.7. The van der Waals surface area contributed by atoms with Crippen molar-refractivity contribution in [1.29, 1.82) is 0 Å². The van der Waals surface area contributed by atoms with Gasteiger partial charge in [-0.2, -0.15) is 0 Å². The first kappa shape index (κ1) is 22.3. The molecule has 148 valence electrons. The number of nitrogens with zero attached hydrogens (tertiary/aromatic N) is 1. The van der Waals surface area contributed by atoms with E-state index in [4.69, 9.17) is 14.6 Å². The van der Waals surface area contributed by atoms with Crippen molar-refractivity contribution in [1.82, 2.24) is 10.6 Å². The molecule has 3 N–H and O–H groups in total. The van der Waals surface area contributed by atoms with E-state index >= 15 is 0 Å². The maximum absolute atomic E-state index is 9.16. The van der Waals surface area contributed by atoms with Crippen LogP contribution in [0.15, 0.2) is 29.3 Å². The molecule has 0 radical (unpaired) electrons. The summed E-state index contributed by atoms with van der Waals surface area (Å²) in [5.41, 5.74) is 1.04. The molecule has 0 fully saturated rings. The van der Waals surface area contributed by atoms with Crippen LogP contribution >= 0.6 is 0 Å². The highest BCUT2D eigenvalue weighted by molar-refractivity contribution is 5.79. The lowest BCUT2D eigenvalue weighted by atomic mass is 10.0. The molecule has 0 aliphatic rings. The summed E-state index contributed by atoms with van der Waals surface area (Å²) in [6, 6.07) is 7.87. The van der Waals surface area contributed by atoms with E-state index in [9.17, 15) is 0 Å². The van der Waals surface area contributed by atoms with Crippen LogP contribution in [0.25, 0.3) is 0 Å². The molecule has 1 unspecified atom stereocenters. The number of hydrogen-bond donors (Lipinski definition) is 3. The van der Waals surface area contributed by atoms with Gasteiger partial charge in [0.05, 0.1) is 20.3 Å². The topological polar surface area (TPSA) is 75.1 Å². The van der Waals surface area contributed by atoms with Crippen molar-refractivity contribution in [3.05, 3.63) is 29.8 Å². The fourth-order valence-corrected chi connectivity index (χ4v) is 2.73. The van der Waals surface area contributed by atoms with Gasteiger partial charge >= 0.3 is 0 Å². The lowest BCUT2D eigenvalue weighted by Gasteiger charge is -2.15. The van der Waals surface area contributed by atoms with E-state index in [2.05, 4.69) is 22.5 Å². The van der Waals surface area contributed by atoms with E-state index in [1.807, 2.05) is 31.2 Å². The Kier molecular flexibility index (Phi) is 12.3. The standard InChI is InChI=1S/C20H35N3O3/c1-4-8-17(11-13-24)15-23-20(21-5-2)22-12-14-26-16-18-9-6-7-10-19(18)25-3/h6-7,9-10,17,24H,4-5,8,11-16H2,1-3H3,(H2,21,22,23). The summed E-state index contributed by atoms with van der Waals surface area (Å²) < 4.78 is 11.1. The number of ether oxygens (including phenoxy) is 2. The average Bonchev–Trinajstić information content (AvgIpc) is 2.66. The van der Waals surface area contributed by atoms with E-state index in [1.54, 1.807) is 7.11 Å². The van der Waals surface area contributed by atoms with E-state index < -0.39 is 0 Å². The quantitative estimate of drug-likeness (QED) is 0.285. The zero-order chi connectivity index (χ0) is 19.0. The zero-order valence-electron chi connectivity index (χ0n) is 16.5. The predicted octanol–water partition coefficient (Wildman–Crippen LogP) is 2.57. The lowest BCUT2D eigenvalue weighted by Crippen LogP contribution is -2.39. The molecule has 1 aromatic rings. The van der Waals surface area contributed by atoms with Crippen LogP contribution in [0.3, 0.4) is 0 Å². The Balaban J connectivity index is 2.37. The van der Waals surface area contributed by atoms with Gasteiger partial charge in [-0.1, -0.05) is 31.5 Å². The largest absolute Gasteiger partial charge is 0.496 e. The van der Waals surface area contributed by atoms with Crippen LogP contribution in [0, 0.1) is 5.92 Å². The highest BCUT2D eigenvalue weighted by atomic mass is 16.5. The first-order valence-corrected chi connectivity index (χ1v) is 9.57. The van der Waals surface area contributed by atoms with Gasteiger partial charge in [-0.25, -0.2) is 0 Å². The maximum Gasteiger partial charge on any atom is 0.191 e. The normalized spacial score (nSPS) is 12.7. The molecule has 6 nitrogen and oxygen atoms in total. The number of para-hydroxylation sites is 1. The van der Waals surface area contributed by atoms with E-state index in [0.717, 1.165) is 49.6 Å². The summed E-state index contributed by atoms with van der Waals surface area (Å²) in [4.78, 5) is 4.64. The number of guanidine groups is 1. The van der Waals surface area contributed by atoms with Crippen molar-refractivity contribution in [2.24, 2.45) is 10.9 Å². The Morgan fingerprint density at radius 3 is 2.69 bits per heavy atom. The minimum atomic E-state index is 0.223. The summed E-state index contributed by atoms with van der Waals surface area (Å²) in [6.07, 6.45) is 3.01. The Morgan fingerprint density at radius 2 is 2.00 bits per heavy atom. The highest BCUT2D eigenvalue weighted by Gasteiger charge is 2.07. The van der Waals surface area contributed by atoms with Crippen LogP contribution in [0.2, 0.25) is 0 Å². The van der Waals surface area contributed by atoms with Crippen molar-refractivity contribution < 1.29 is 14.6 Å². The van der Waals surface area contributed by atoms with Crippen molar-refractivity contribution in [3.8, 4) is 5.75 Å². The molecule has 0 amide bonds. The molecule has 1 atom stereocenters. The number of aliphatic hydroxyl groups excluding tert-OH is 1. The Morgan fingerprint density at radius 1 is 1.19 bits per heavy atom. The molecular weight excluding hydrogens is 330 g/mol. The first-order valence-electron chi connectivity index (χ1n) is 9.57. The molecule has 0 saturated carbocycles. The van der Waals surface area contributed by atoms with E-state index in [0.29, 0.717) is 25.7 Å². The first-order chi connectivity index (χ1) is 12.7. The molecule has 0 bridgehead atoms. The summed E-state index contributed by atoms with van der Waals surface area (Å²) >= 11 is 0. The number of hydrogen-bond acceptors (Lipinski definition) is 4. The fourth-order valence-electron chi connectivity index (χ4n) is 2.73. The van der Waals surface area contributed by atoms with Crippen molar-refractivity contribution in [3.63, 3.8) is 0 Å². The van der Waals surface area contributed by atoms with Gasteiger partial charge in [0.15, 0.2) is 5.96 Å². The maximum atomic E-state index is 9.16. The number of nitrogens with one attached hydrogen (secondary N) is 2. The third-order valence-electron chi connectivity index (χ3n) is 4.08. The van der Waals surface area contributed by atoms with Crippen LogP contribution in [-0.2, 0) is 11.3 Å². The van der Waals surface area contributed by atoms with Crippen LogP contribution in [0.5, 0.6) is 5.75 Å². The Hall–Kier alpha value is -1.79. The molecular formula is C20H35N3O3. The second-order valence-electron chi connectivity index (χ2n) is 6.18. The molecule has 26 heavy (non-hydrogen) atoms. The van der Waals surface area contributed by atoms with Crippen molar-refractivity contribution in [2.45, 2.75) is 39.7 Å². The second-order valence-corrected chi connectivity index (χ2v) is 6.18. The van der Waals surface area contributed by atoms with Gasteiger partial charge in [-0.3, -0.25) is 4.99 Å². The molecule has 0 aliphatic carbocycles. The average molecular weight is 366 g/mol. The molecule has 6 heteroatoms. The lowest BCUT2D eigenvalue weighted by molar-refractivity contribution is 0.123. The molecule has 1 rings (SSSR count). The van der Waals surface area contributed by atoms with E-state index in [-0.39, 0.29) is 6.61 Å². The number of aliphatic hydroxyl groups is 1. The summed E-state index contributed by atoms with van der Waals surface area (Å²) in [6.45, 7) is 7.76. The predicted molar refractivity (Wildman–Crippen MR) is 107 cm³/mol. The Bertz CT molecular complexity index is 503. The van der Waals surface area contributed by atoms with Gasteiger partial charge in [0.1, 0.15) is 5.75 Å². The number of methoxy groups -OCH3 is 1. The van der Waals surface area contributed by atoms with Gasteiger partial charge in [-0.15, -0.1) is 0 Å². The molecule has 0 spiro atoms. The fraction of sp³-hybridized carbons (Fsp3) is 0.650. The molecule has 0 aromatic heterocycles. The summed E-state index contributed by atoms with van der Waals surface area (Å²) in [7, 11) is 1.67. The highest BCUT2D eigenvalue weighted by Crippen LogP contribution is 2.17. The number of aliphatic imine (C=N–C) groups is 1. The number of rotatable bonds is 13. The van der Waals surface area contributed by atoms with Gasteiger partial charge < -0.3 is 25.2 Å². The van der Waals surface area contributed by atoms with Gasteiger partial charge in [-0.05, 0) is 31.7 Å². The van der Waals surface area contributed by atoms with Crippen LogP contribution in [-0.4, -0.2) is 51.0 Å². The van der Waals surface area contributed by atoms with Crippen molar-refractivity contribution >= 4 is 5.96 Å². The SMILES string of the molecule is CCCC(CCO)CN=C(NCC)NCCOCc1ccccc1OC. The third kappa shape index (κ3) is 9.06. The smallest absolute Gasteiger partial charge is 0.191 e. The molecule has 1 aromatic carbocycles. The van der Waals surface area contributed by atoms with Crippen LogP contribution in [0.4, 0.5) is 0 Å². The zero-order valence-corrected chi connectivity index (χ0v) is 16.5. The number of benzene rings is 1. The third-order valence-corrected chi connectivity index (χ3v) is 4.08. The van der Waals surface area contributed by atoms with Gasteiger partial charge in [0, 0.05) is 31.8 Å². The van der Waals surface area contributed by atoms with E-state index in [1.165, 1.54) is 0 Å².